The predicted octanol–water partition coefficient (Wildman–Crippen LogP) is 13.5. The summed E-state index contributed by atoms with van der Waals surface area (Å²) in [6, 6.07) is 34.1. The summed E-state index contributed by atoms with van der Waals surface area (Å²) in [5.41, 5.74) is 10.6. The van der Waals surface area contributed by atoms with Crippen LogP contribution in [0.25, 0.3) is 0 Å². The summed E-state index contributed by atoms with van der Waals surface area (Å²) < 4.78 is 0. The molecule has 0 amide bonds. The van der Waals surface area contributed by atoms with Crippen LogP contribution in [-0.4, -0.2) is 0 Å². The van der Waals surface area contributed by atoms with Gasteiger partial charge in [-0.3, -0.25) is 0 Å². The zero-order valence-electron chi connectivity index (χ0n) is 30.6. The quantitative estimate of drug-likeness (QED) is 0.185. The van der Waals surface area contributed by atoms with Crippen molar-refractivity contribution in [2.75, 3.05) is 0 Å². The Morgan fingerprint density at radius 2 is 0.568 bits per heavy atom. The van der Waals surface area contributed by atoms with Gasteiger partial charge in [0.05, 0.1) is 0 Å². The summed E-state index contributed by atoms with van der Waals surface area (Å²) >= 11 is 5.85. The molecule has 4 rings (SSSR count). The van der Waals surface area contributed by atoms with Crippen molar-refractivity contribution in [1.29, 1.82) is 0 Å². The Labute approximate surface area is 277 Å². The summed E-state index contributed by atoms with van der Waals surface area (Å²) in [5.74, 6) is 0. The van der Waals surface area contributed by atoms with Gasteiger partial charge in [0.2, 0.25) is 0 Å². The molecule has 0 spiro atoms. The molecule has 44 heavy (non-hydrogen) atoms. The zero-order chi connectivity index (χ0) is 33.9. The molecule has 0 bridgehead atoms. The fourth-order valence-electron chi connectivity index (χ4n) is 4.29. The SMILES string of the molecule is CC(C)(C)c1cccc(Cl)c1.Cc1cccc(C(C)(C)C)c1.Cc1cccc(C(C)(C)C)c1.Cc1cccc(C(C)(C)C)c1. The molecule has 0 saturated heterocycles. The van der Waals surface area contributed by atoms with Gasteiger partial charge in [0.1, 0.15) is 0 Å². The first kappa shape index (κ1) is 39.2. The first-order chi connectivity index (χ1) is 20.0. The molecule has 0 radical (unpaired) electrons. The molecule has 240 valence electrons. The van der Waals surface area contributed by atoms with Crippen molar-refractivity contribution in [3.8, 4) is 0 Å². The van der Waals surface area contributed by atoms with E-state index in [0.29, 0.717) is 0 Å². The zero-order valence-corrected chi connectivity index (χ0v) is 31.4. The second kappa shape index (κ2) is 16.5. The summed E-state index contributed by atoms with van der Waals surface area (Å²) in [4.78, 5) is 0. The molecule has 4 aromatic carbocycles. The fraction of sp³-hybridized carbons (Fsp3) is 0.442. The van der Waals surface area contributed by atoms with Crippen LogP contribution < -0.4 is 0 Å². The van der Waals surface area contributed by atoms with Crippen molar-refractivity contribution >= 4 is 11.6 Å². The van der Waals surface area contributed by atoms with Gasteiger partial charge in [-0.1, -0.05) is 196 Å². The lowest BCUT2D eigenvalue weighted by Crippen LogP contribution is -2.10. The van der Waals surface area contributed by atoms with Gasteiger partial charge >= 0.3 is 0 Å². The molecule has 0 nitrogen and oxygen atoms in total. The maximum atomic E-state index is 5.85. The highest BCUT2D eigenvalue weighted by Crippen LogP contribution is 2.25. The summed E-state index contributed by atoms with van der Waals surface area (Å²) in [5, 5.41) is 0.817. The molecule has 0 atom stereocenters. The Kier molecular flexibility index (Phi) is 14.7. The molecular weight excluding hydrogens is 552 g/mol. The van der Waals surface area contributed by atoms with Crippen molar-refractivity contribution in [3.63, 3.8) is 0 Å². The minimum atomic E-state index is 0.199. The van der Waals surface area contributed by atoms with E-state index in [0.717, 1.165) is 5.02 Å². The first-order valence-corrected chi connectivity index (χ1v) is 16.4. The Bertz CT molecular complexity index is 1190. The van der Waals surface area contributed by atoms with E-state index >= 15 is 0 Å². The van der Waals surface area contributed by atoms with Crippen LogP contribution in [-0.2, 0) is 21.7 Å². The molecule has 0 aliphatic rings. The van der Waals surface area contributed by atoms with Gasteiger partial charge in [0, 0.05) is 5.02 Å². The van der Waals surface area contributed by atoms with E-state index < -0.39 is 0 Å². The number of hydrogen-bond acceptors (Lipinski definition) is 0. The van der Waals surface area contributed by atoms with Crippen molar-refractivity contribution in [2.24, 2.45) is 0 Å². The van der Waals surface area contributed by atoms with E-state index in [1.165, 1.54) is 38.9 Å². The number of aryl methyl sites for hydroxylation is 3. The van der Waals surface area contributed by atoms with E-state index in [2.05, 4.69) is 183 Å². The van der Waals surface area contributed by atoms with Gasteiger partial charge in [-0.15, -0.1) is 0 Å². The molecule has 0 saturated carbocycles. The maximum Gasteiger partial charge on any atom is 0.0408 e. The third-order valence-electron chi connectivity index (χ3n) is 7.34. The van der Waals surface area contributed by atoms with Gasteiger partial charge in [-0.25, -0.2) is 0 Å². The minimum Gasteiger partial charge on any atom is -0.0843 e. The molecule has 0 aliphatic carbocycles. The largest absolute Gasteiger partial charge is 0.0843 e. The first-order valence-electron chi connectivity index (χ1n) is 16.0. The second-order valence-corrected chi connectivity index (χ2v) is 16.6. The van der Waals surface area contributed by atoms with Crippen LogP contribution in [0.1, 0.15) is 122 Å². The van der Waals surface area contributed by atoms with Crippen LogP contribution in [0.5, 0.6) is 0 Å². The van der Waals surface area contributed by atoms with Gasteiger partial charge in [-0.2, -0.15) is 0 Å². The smallest absolute Gasteiger partial charge is 0.0408 e. The second-order valence-electron chi connectivity index (χ2n) is 16.1. The van der Waals surface area contributed by atoms with Crippen LogP contribution in [0, 0.1) is 20.8 Å². The molecule has 0 fully saturated rings. The van der Waals surface area contributed by atoms with Gasteiger partial charge < -0.3 is 0 Å². The third-order valence-corrected chi connectivity index (χ3v) is 7.58. The molecule has 0 unspecified atom stereocenters. The highest BCUT2D eigenvalue weighted by Gasteiger charge is 2.14. The van der Waals surface area contributed by atoms with E-state index in [-0.39, 0.29) is 21.7 Å². The minimum absolute atomic E-state index is 0.199. The highest BCUT2D eigenvalue weighted by atomic mass is 35.5. The summed E-state index contributed by atoms with van der Waals surface area (Å²) in [6.45, 7) is 33.1. The van der Waals surface area contributed by atoms with E-state index in [9.17, 15) is 0 Å². The van der Waals surface area contributed by atoms with Crippen LogP contribution in [0.4, 0.5) is 0 Å². The molecule has 0 aromatic heterocycles. The molecule has 0 heterocycles. The lowest BCUT2D eigenvalue weighted by Gasteiger charge is -2.19. The van der Waals surface area contributed by atoms with E-state index in [1.54, 1.807) is 0 Å². The van der Waals surface area contributed by atoms with E-state index in [4.69, 9.17) is 11.6 Å². The van der Waals surface area contributed by atoms with Crippen LogP contribution in [0.15, 0.2) is 97.1 Å². The van der Waals surface area contributed by atoms with Crippen LogP contribution in [0.3, 0.4) is 0 Å². The highest BCUT2D eigenvalue weighted by molar-refractivity contribution is 6.30. The Hall–Kier alpha value is -2.83. The normalized spacial score (nSPS) is 11.6. The van der Waals surface area contributed by atoms with Crippen LogP contribution >= 0.6 is 11.6 Å². The lowest BCUT2D eigenvalue weighted by atomic mass is 9.86. The average molecular weight is 613 g/mol. The van der Waals surface area contributed by atoms with Gasteiger partial charge in [0.25, 0.3) is 0 Å². The molecule has 1 heteroatoms. The summed E-state index contributed by atoms with van der Waals surface area (Å²) in [6.07, 6.45) is 0. The van der Waals surface area contributed by atoms with Crippen LogP contribution in [0.2, 0.25) is 5.02 Å². The Morgan fingerprint density at radius 3 is 0.727 bits per heavy atom. The fourth-order valence-corrected chi connectivity index (χ4v) is 4.48. The topological polar surface area (TPSA) is 0 Å². The van der Waals surface area contributed by atoms with Gasteiger partial charge in [-0.05, 0) is 76.8 Å². The average Bonchev–Trinajstić information content (AvgIpc) is 2.88. The number of halogens is 1. The standard InChI is InChI=1S/3C11H16.C10H13Cl/c3*1-9-6-5-7-10(8-9)11(2,3)4;1-10(2,3)8-5-4-6-9(11)7-8/h3*5-8H,1-4H3;4-7H,1-3H3. The van der Waals surface area contributed by atoms with Gasteiger partial charge in [0.15, 0.2) is 0 Å². The third kappa shape index (κ3) is 15.3. The monoisotopic (exact) mass is 612 g/mol. The molecule has 0 aliphatic heterocycles. The van der Waals surface area contributed by atoms with Crippen molar-refractivity contribution < 1.29 is 0 Å². The predicted molar refractivity (Wildman–Crippen MR) is 200 cm³/mol. The van der Waals surface area contributed by atoms with Crippen molar-refractivity contribution in [2.45, 2.75) is 126 Å². The summed E-state index contributed by atoms with van der Waals surface area (Å²) in [7, 11) is 0. The molecule has 4 aromatic rings. The molecular formula is C43H61Cl. The lowest BCUT2D eigenvalue weighted by molar-refractivity contribution is 0.589. The van der Waals surface area contributed by atoms with E-state index in [1.807, 2.05) is 18.2 Å². The number of rotatable bonds is 0. The number of hydrogen-bond donors (Lipinski definition) is 0. The van der Waals surface area contributed by atoms with Crippen molar-refractivity contribution in [3.05, 3.63) is 141 Å². The number of benzene rings is 4. The molecule has 0 N–H and O–H groups in total. The van der Waals surface area contributed by atoms with Crippen molar-refractivity contribution in [1.82, 2.24) is 0 Å². The Balaban J connectivity index is 0.000000293. The maximum absolute atomic E-state index is 5.85. The Morgan fingerprint density at radius 1 is 0.341 bits per heavy atom.